The normalized spacial score (nSPS) is 30.0. The molecule has 1 saturated heterocycles. The van der Waals surface area contributed by atoms with Crippen LogP contribution < -0.4 is 24.8 Å². The lowest BCUT2D eigenvalue weighted by Gasteiger charge is -2.40. The topological polar surface area (TPSA) is 182 Å². The molecule has 5 aliphatic rings. The number of nitrogens with one attached hydrogen (secondary N) is 3. The van der Waals surface area contributed by atoms with Crippen molar-refractivity contribution >= 4 is 44.7 Å². The molecule has 2 aliphatic carbocycles. The Morgan fingerprint density at radius 1 is 1.10 bits per heavy atom. The van der Waals surface area contributed by atoms with Gasteiger partial charge in [-0.2, -0.15) is 0 Å². The van der Waals surface area contributed by atoms with Gasteiger partial charge >= 0.3 is 6.09 Å². The van der Waals surface area contributed by atoms with Gasteiger partial charge in [-0.05, 0) is 83.4 Å². The number of sulfonamides is 1. The first kappa shape index (κ1) is 41.6. The second-order valence-electron chi connectivity index (χ2n) is 17.4. The number of carbonyl (C=O) groups excluding carboxylic acids is 4. The van der Waals surface area contributed by atoms with Crippen molar-refractivity contribution in [1.29, 1.82) is 0 Å². The van der Waals surface area contributed by atoms with Crippen molar-refractivity contribution in [2.75, 3.05) is 13.7 Å². The van der Waals surface area contributed by atoms with Gasteiger partial charge in [0.05, 0.1) is 41.6 Å². The van der Waals surface area contributed by atoms with Crippen molar-refractivity contribution in [2.45, 2.75) is 139 Å². The molecule has 3 aliphatic heterocycles. The minimum Gasteiger partial charge on any atom is -0.497 e. The minimum absolute atomic E-state index is 0.0176. The number of allylic oxidation sites excluding steroid dienone is 1. The fourth-order valence-electron chi connectivity index (χ4n) is 8.38. The summed E-state index contributed by atoms with van der Waals surface area (Å²) >= 11 is 0. The summed E-state index contributed by atoms with van der Waals surface area (Å²) in [4.78, 5) is 62.2. The third-order valence-electron chi connectivity index (χ3n) is 12.7. The highest BCUT2D eigenvalue weighted by Gasteiger charge is 2.65. The summed E-state index contributed by atoms with van der Waals surface area (Å²) in [6, 6.07) is 2.03. The van der Waals surface area contributed by atoms with Gasteiger partial charge in [0.1, 0.15) is 35.1 Å². The summed E-state index contributed by atoms with van der Waals surface area (Å²) in [5.41, 5.74) is -3.37. The number of aromatic nitrogens is 1. The molecular formula is C41H53F2N5O9S. The summed E-state index contributed by atoms with van der Waals surface area (Å²) in [6.45, 7) is 8.11. The largest absolute Gasteiger partial charge is 0.497 e. The third-order valence-corrected chi connectivity index (χ3v) is 14.8. The molecule has 0 bridgehead atoms. The second-order valence-corrected chi connectivity index (χ2v) is 19.6. The van der Waals surface area contributed by atoms with Crippen molar-refractivity contribution in [1.82, 2.24) is 25.2 Å². The predicted octanol–water partition coefficient (Wildman–Crippen LogP) is 5.30. The van der Waals surface area contributed by atoms with E-state index in [4.69, 9.17) is 14.2 Å². The number of alkyl carbamates (subject to hydrolysis) is 1. The molecule has 3 N–H and O–H groups in total. The van der Waals surface area contributed by atoms with E-state index in [-0.39, 0.29) is 41.2 Å². The number of rotatable bonds is 7. The molecular weight excluding hydrogens is 777 g/mol. The first-order valence-corrected chi connectivity index (χ1v) is 21.6. The maximum atomic E-state index is 16.8. The third kappa shape index (κ3) is 7.70. The van der Waals surface area contributed by atoms with E-state index < -0.39 is 99.1 Å². The van der Waals surface area contributed by atoms with Crippen LogP contribution in [0.2, 0.25) is 0 Å². The molecule has 2 aromatic rings. The average Bonchev–Trinajstić information content (AvgIpc) is 4.04. The summed E-state index contributed by atoms with van der Waals surface area (Å²) in [6.07, 6.45) is 4.59. The molecule has 0 unspecified atom stereocenters. The Labute approximate surface area is 337 Å². The molecule has 6 atom stereocenters. The van der Waals surface area contributed by atoms with Crippen LogP contribution in [0.4, 0.5) is 13.6 Å². The van der Waals surface area contributed by atoms with Gasteiger partial charge < -0.3 is 29.7 Å². The van der Waals surface area contributed by atoms with Gasteiger partial charge in [-0.25, -0.2) is 27.0 Å². The van der Waals surface area contributed by atoms with Gasteiger partial charge in [0.25, 0.3) is 11.8 Å². The first-order valence-electron chi connectivity index (χ1n) is 20.1. The van der Waals surface area contributed by atoms with E-state index in [2.05, 4.69) is 20.3 Å². The van der Waals surface area contributed by atoms with Gasteiger partial charge in [0, 0.05) is 17.7 Å². The molecule has 3 fully saturated rings. The molecule has 0 radical (unpaired) electrons. The Hall–Kier alpha value is -4.54. The van der Waals surface area contributed by atoms with Crippen molar-refractivity contribution in [2.24, 2.45) is 11.8 Å². The molecule has 1 aromatic carbocycles. The smallest absolute Gasteiger partial charge is 0.408 e. The number of carbonyl (C=O) groups is 4. The van der Waals surface area contributed by atoms with E-state index in [0.29, 0.717) is 49.8 Å². The quantitative estimate of drug-likeness (QED) is 0.310. The molecule has 1 spiro atoms. The van der Waals surface area contributed by atoms with Gasteiger partial charge in [-0.3, -0.25) is 19.1 Å². The Balaban J connectivity index is 1.27. The number of nitrogens with zero attached hydrogens (tertiary/aromatic N) is 2. The lowest BCUT2D eigenvalue weighted by atomic mass is 9.84. The fraction of sp³-hybridized carbons (Fsp3) is 0.634. The van der Waals surface area contributed by atoms with Crippen LogP contribution in [0.25, 0.3) is 10.9 Å². The minimum atomic E-state index is -4.09. The zero-order chi connectivity index (χ0) is 42.0. The van der Waals surface area contributed by atoms with Crippen LogP contribution in [0.5, 0.6) is 11.5 Å². The maximum absolute atomic E-state index is 16.8. The predicted molar refractivity (Wildman–Crippen MR) is 209 cm³/mol. The Morgan fingerprint density at radius 2 is 1.84 bits per heavy atom. The van der Waals surface area contributed by atoms with Crippen molar-refractivity contribution in [3.8, 4) is 11.5 Å². The van der Waals surface area contributed by atoms with Crippen LogP contribution in [0, 0.1) is 18.8 Å². The second kappa shape index (κ2) is 14.9. The van der Waals surface area contributed by atoms with E-state index in [1.807, 2.05) is 19.9 Å². The molecule has 17 heteroatoms. The number of pyridine rings is 1. The van der Waals surface area contributed by atoms with Crippen molar-refractivity contribution < 1.29 is 50.6 Å². The number of hydrogen-bond acceptors (Lipinski definition) is 10. The number of alkyl halides is 2. The monoisotopic (exact) mass is 829 g/mol. The summed E-state index contributed by atoms with van der Waals surface area (Å²) in [5.74, 6) is -6.38. The van der Waals surface area contributed by atoms with Crippen LogP contribution in [0.1, 0.15) is 103 Å². The van der Waals surface area contributed by atoms with Crippen LogP contribution in [-0.2, 0) is 35.1 Å². The summed E-state index contributed by atoms with van der Waals surface area (Å²) < 4.78 is 78.6. The van der Waals surface area contributed by atoms with E-state index in [1.165, 1.54) is 13.2 Å². The summed E-state index contributed by atoms with van der Waals surface area (Å²) in [7, 11) is -2.66. The molecule has 1 aromatic heterocycles. The summed E-state index contributed by atoms with van der Waals surface area (Å²) in [5, 5.41) is 5.61. The lowest BCUT2D eigenvalue weighted by molar-refractivity contribution is -0.141. The van der Waals surface area contributed by atoms with Crippen molar-refractivity contribution in [3.05, 3.63) is 41.6 Å². The highest BCUT2D eigenvalue weighted by molar-refractivity contribution is 7.91. The average molecular weight is 830 g/mol. The number of amides is 4. The lowest BCUT2D eigenvalue weighted by Crippen LogP contribution is -2.58. The highest BCUT2D eigenvalue weighted by atomic mass is 32.2. The number of fused-ring (bicyclic) bond motifs is 5. The zero-order valence-electron chi connectivity index (χ0n) is 33.8. The molecule has 4 heterocycles. The van der Waals surface area contributed by atoms with Crippen LogP contribution in [0.3, 0.4) is 0 Å². The van der Waals surface area contributed by atoms with E-state index in [9.17, 15) is 27.6 Å². The first-order chi connectivity index (χ1) is 27.2. The van der Waals surface area contributed by atoms with Crippen LogP contribution in [0.15, 0.2) is 30.4 Å². The highest BCUT2D eigenvalue weighted by Crippen LogP contribution is 2.55. The van der Waals surface area contributed by atoms with E-state index >= 15 is 8.78 Å². The number of ether oxygens (including phenoxy) is 3. The number of methoxy groups -OCH3 is 1. The Bertz CT molecular complexity index is 2160. The SMILES string of the molecule is COc1ccc2nc(C)c3c(c2c1)C(F)(F)C[C@]1(C[C@H]2C(=O)N[C@]4(C(=O)NS(=O)(=O)C5(C)CC5)C[C@H]4/C=C\CCCCC[C@H](NC(=O)O[C@@H](C)C(C)C)C(=O)N2C1)O3. The molecule has 316 valence electrons. The number of hydrogen-bond donors (Lipinski definition) is 3. The molecule has 14 nitrogen and oxygen atoms in total. The van der Waals surface area contributed by atoms with Gasteiger partial charge in [-0.15, -0.1) is 0 Å². The molecule has 4 amide bonds. The van der Waals surface area contributed by atoms with E-state index in [1.54, 1.807) is 39.0 Å². The zero-order valence-corrected chi connectivity index (χ0v) is 34.6. The van der Waals surface area contributed by atoms with Gasteiger partial charge in [-0.1, -0.05) is 38.8 Å². The fourth-order valence-corrected chi connectivity index (χ4v) is 9.69. The number of halogens is 2. The Kier molecular flexibility index (Phi) is 10.7. The van der Waals surface area contributed by atoms with Gasteiger partial charge in [0.2, 0.25) is 21.8 Å². The Morgan fingerprint density at radius 3 is 2.53 bits per heavy atom. The number of aryl methyl sites for hydroxylation is 1. The van der Waals surface area contributed by atoms with Gasteiger partial charge in [0.15, 0.2) is 5.75 Å². The van der Waals surface area contributed by atoms with E-state index in [0.717, 1.165) is 4.90 Å². The molecule has 2 saturated carbocycles. The van der Waals surface area contributed by atoms with Crippen LogP contribution in [-0.4, -0.2) is 89.8 Å². The number of benzene rings is 1. The molecule has 7 rings (SSSR count). The molecule has 58 heavy (non-hydrogen) atoms. The van der Waals surface area contributed by atoms with Crippen molar-refractivity contribution in [3.63, 3.8) is 0 Å². The maximum Gasteiger partial charge on any atom is 0.408 e. The van der Waals surface area contributed by atoms with Crippen LogP contribution >= 0.6 is 0 Å². The standard InChI is InChI=1S/C41H53F2N5O9S/c1-23(2)25(4)56-37(52)45-30-13-11-9-7-8-10-12-26-19-40(26,36(51)47-58(53,54)38(5)16-17-38)46-34(49)31-20-39(22-48(31)35(30)50)21-41(42,43)32-28-18-27(55-6)14-15-29(28)44-24(3)33(32)57-39/h10,12,14-15,18,23,25-26,30-31H,7-9,11,13,16-17,19-22H2,1-6H3,(H,45,52)(H,46,49)(H,47,51)/b12-10-/t25-,26+,30-,31-,39-,40+/m0/s1.